The normalized spacial score (nSPS) is 13.9. The third-order valence-corrected chi connectivity index (χ3v) is 26.0. The van der Waals surface area contributed by atoms with E-state index in [-0.39, 0.29) is 33.9 Å². The van der Waals surface area contributed by atoms with Gasteiger partial charge in [0, 0.05) is 121 Å². The van der Waals surface area contributed by atoms with Crippen LogP contribution in [-0.4, -0.2) is 24.6 Å². The molecule has 119 heavy (non-hydrogen) atoms. The minimum atomic E-state index is -0.544. The zero-order valence-electron chi connectivity index (χ0n) is 73.1. The number of para-hydroxylation sites is 10. The van der Waals surface area contributed by atoms with Gasteiger partial charge in [0.1, 0.15) is 0 Å². The van der Waals surface area contributed by atoms with Crippen LogP contribution < -0.4 is 26.2 Å². The number of anilines is 6. The molecule has 0 N–H and O–H groups in total. The van der Waals surface area contributed by atoms with Gasteiger partial charge in [-0.1, -0.05) is 288 Å². The van der Waals surface area contributed by atoms with Crippen LogP contribution in [0, 0.1) is 0 Å². The first kappa shape index (κ1) is 58.6. The van der Waals surface area contributed by atoms with Crippen LogP contribution >= 0.6 is 0 Å². The molecule has 18 aromatic carbocycles. The quantitative estimate of drug-likeness (QED) is 0.135. The highest BCUT2D eigenvalue weighted by Gasteiger charge is 2.47. The summed E-state index contributed by atoms with van der Waals surface area (Å²) in [5.74, 6) is 0. The molecular weight excluding hydrogens is 1440 g/mol. The van der Waals surface area contributed by atoms with Crippen LogP contribution in [0.25, 0.3) is 187 Å². The van der Waals surface area contributed by atoms with Gasteiger partial charge in [0.15, 0.2) is 0 Å². The Kier molecular flexibility index (Phi) is 12.2. The maximum Gasteiger partial charge on any atom is 0.252 e. The van der Waals surface area contributed by atoms with Crippen molar-refractivity contribution in [3.63, 3.8) is 0 Å². The molecule has 26 rings (SSSR count). The Labute approximate surface area is 698 Å². The second-order valence-electron chi connectivity index (χ2n) is 33.2. The van der Waals surface area contributed by atoms with Crippen molar-refractivity contribution < 1.29 is 11.0 Å². The van der Waals surface area contributed by atoms with Gasteiger partial charge in [0.05, 0.1) is 77.5 Å². The molecule has 7 heteroatoms. The molecule has 0 saturated heterocycles. The van der Waals surface area contributed by atoms with Gasteiger partial charge in [-0.25, -0.2) is 0 Å². The van der Waals surface area contributed by atoms with Crippen molar-refractivity contribution in [2.24, 2.45) is 0 Å². The van der Waals surface area contributed by atoms with Crippen LogP contribution in [0.5, 0.6) is 0 Å². The summed E-state index contributed by atoms with van der Waals surface area (Å²) in [5.41, 5.74) is 29.7. The fourth-order valence-electron chi connectivity index (χ4n) is 20.8. The van der Waals surface area contributed by atoms with Gasteiger partial charge in [0.25, 0.3) is 6.71 Å². The lowest BCUT2D eigenvalue weighted by molar-refractivity contribution is 0.590. The number of nitrogens with zero attached hydrogens (tertiary/aromatic N) is 6. The number of rotatable bonds is 9. The Morgan fingerprint density at radius 1 is 0.252 bits per heavy atom. The Morgan fingerprint density at radius 3 is 1.10 bits per heavy atom. The average molecular weight is 1520 g/mol. The molecule has 8 heterocycles. The predicted molar refractivity (Wildman–Crippen MR) is 504 cm³/mol. The Morgan fingerprint density at radius 2 is 0.622 bits per heavy atom. The summed E-state index contributed by atoms with van der Waals surface area (Å²) >= 11 is 0. The minimum absolute atomic E-state index is 0.00639. The van der Waals surface area contributed by atoms with E-state index in [1.54, 1.807) is 4.57 Å². The van der Waals surface area contributed by atoms with E-state index in [9.17, 15) is 8.22 Å². The predicted octanol–water partition coefficient (Wildman–Crippen LogP) is 27.9. The highest BCUT2D eigenvalue weighted by Crippen LogP contribution is 2.57. The minimum Gasteiger partial charge on any atom is -0.310 e. The van der Waals surface area contributed by atoms with E-state index >= 15 is 0 Å². The smallest absolute Gasteiger partial charge is 0.252 e. The summed E-state index contributed by atoms with van der Waals surface area (Å²) in [5, 5.41) is 11.6. The zero-order valence-corrected chi connectivity index (χ0v) is 65.1. The van der Waals surface area contributed by atoms with E-state index in [2.05, 4.69) is 378 Å². The van der Waals surface area contributed by atoms with E-state index in [0.29, 0.717) is 5.69 Å². The molecule has 0 bridgehead atoms. The molecule has 554 valence electrons. The summed E-state index contributed by atoms with van der Waals surface area (Å²) in [6.45, 7) is 6.37. The largest absolute Gasteiger partial charge is 0.310 e. The van der Waals surface area contributed by atoms with E-state index in [4.69, 9.17) is 2.74 Å². The van der Waals surface area contributed by atoms with Gasteiger partial charge in [-0.05, 0) is 182 Å². The van der Waals surface area contributed by atoms with Gasteiger partial charge >= 0.3 is 0 Å². The molecule has 24 aromatic rings. The molecule has 0 atom stereocenters. The van der Waals surface area contributed by atoms with Gasteiger partial charge in [-0.2, -0.15) is 0 Å². The van der Waals surface area contributed by atoms with Gasteiger partial charge in [-0.3, -0.25) is 0 Å². The lowest BCUT2D eigenvalue weighted by Gasteiger charge is -2.46. The van der Waals surface area contributed by atoms with Crippen molar-refractivity contribution in [2.75, 3.05) is 9.80 Å². The molecule has 2 aliphatic heterocycles. The molecule has 0 amide bonds. The molecule has 0 spiro atoms. The lowest BCUT2D eigenvalue weighted by Crippen LogP contribution is -2.61. The molecule has 0 fully saturated rings. The maximum atomic E-state index is 9.96. The number of aromatic nitrogens is 4. The van der Waals surface area contributed by atoms with Crippen LogP contribution in [0.4, 0.5) is 34.1 Å². The summed E-state index contributed by atoms with van der Waals surface area (Å²) in [6, 6.07) is 121. The number of benzene rings is 18. The van der Waals surface area contributed by atoms with Crippen molar-refractivity contribution in [1.82, 2.24) is 17.9 Å². The molecular formula is C112H73BN6. The van der Waals surface area contributed by atoms with Crippen LogP contribution in [0.2, 0.25) is 0 Å². The first-order chi connectivity index (χ1) is 62.0. The Bertz CT molecular complexity index is 8450. The lowest BCUT2D eigenvalue weighted by atomic mass is 9.33. The Hall–Kier alpha value is -15.2. The zero-order chi connectivity index (χ0) is 85.2. The summed E-state index contributed by atoms with van der Waals surface area (Å²) in [4.78, 5) is 5.12. The molecule has 6 aromatic heterocycles. The third kappa shape index (κ3) is 9.32. The molecule has 0 aliphatic carbocycles. The second-order valence-corrected chi connectivity index (χ2v) is 33.2. The van der Waals surface area contributed by atoms with E-state index in [1.165, 1.54) is 32.6 Å². The van der Waals surface area contributed by atoms with Gasteiger partial charge in [-0.15, -0.1) is 0 Å². The van der Waals surface area contributed by atoms with Crippen LogP contribution in [-0.2, 0) is 5.41 Å². The van der Waals surface area contributed by atoms with Crippen molar-refractivity contribution in [1.29, 1.82) is 0 Å². The number of hydrogen-bond acceptors (Lipinski definition) is 2. The van der Waals surface area contributed by atoms with Crippen LogP contribution in [0.15, 0.2) is 388 Å². The van der Waals surface area contributed by atoms with Gasteiger partial charge in [0.2, 0.25) is 0 Å². The Balaban J connectivity index is 0.838. The van der Waals surface area contributed by atoms with Crippen LogP contribution in [0.3, 0.4) is 0 Å². The maximum absolute atomic E-state index is 9.96. The van der Waals surface area contributed by atoms with Crippen molar-refractivity contribution >= 4 is 177 Å². The fraction of sp³-hybridized carbons (Fsp3) is 0.0357. The monoisotopic (exact) mass is 1520 g/mol. The number of hydrogen-bond donors (Lipinski definition) is 0. The molecule has 0 unspecified atom stereocenters. The topological polar surface area (TPSA) is 25.2 Å². The first-order valence-electron chi connectivity index (χ1n) is 44.9. The molecule has 0 radical (unpaired) electrons. The molecule has 6 nitrogen and oxygen atoms in total. The van der Waals surface area contributed by atoms with E-state index in [0.717, 1.165) is 183 Å². The summed E-state index contributed by atoms with van der Waals surface area (Å²) in [7, 11) is 0. The van der Waals surface area contributed by atoms with E-state index < -0.39 is 48.4 Å². The standard InChI is InChI=1S/C112H73BN6/c1-112(2,3)74-65-105-107-106(66-74)119(108-77(68-29-7-4-8-30-68)42-27-43-78(108)69-31-9-5-10-32-69)104-67-76(115-95-46-20-13-35-81(95)82-36-14-21-47-96(82)115)55-57-94(104)113(107)93-56-53-71(70-54-58-102-88(59-70)83-37-15-22-48-97(83)114(102)75-33-11-6-12-34-75)64-103(93)118(105)109-79(72-60-89-84-38-16-23-49-98(84)116-99-50-24-17-39-85(99)90(61-72)110(89)116)44-28-45-80(109)73-62-91-86-40-18-25-51-100(86)117-101-52-26-19-41-87(101)92(63-73)111(91)117/h4-67H,1-3H3/i13D,14D,20D,21D,35D,36D,46D,47D. The summed E-state index contributed by atoms with van der Waals surface area (Å²) < 4.78 is 85.4. The average Bonchev–Trinajstić information content (AvgIpc) is 1.13. The van der Waals surface area contributed by atoms with Crippen LogP contribution in [0.1, 0.15) is 37.3 Å². The van der Waals surface area contributed by atoms with E-state index in [1.807, 2.05) is 6.07 Å². The van der Waals surface area contributed by atoms with Crippen molar-refractivity contribution in [3.8, 4) is 67.0 Å². The highest BCUT2D eigenvalue weighted by atomic mass is 15.2. The fourth-order valence-corrected chi connectivity index (χ4v) is 20.8. The van der Waals surface area contributed by atoms with Crippen molar-refractivity contribution in [3.05, 3.63) is 394 Å². The molecule has 2 aliphatic rings. The third-order valence-electron chi connectivity index (χ3n) is 26.0. The molecule has 0 saturated carbocycles. The first-order valence-corrected chi connectivity index (χ1v) is 40.9. The SMILES string of the molecule is [2H]c1c([2H])c([2H])c2c(c1[2H])c1c([2H])c([2H])c([2H])c([2H])c1n2-c1ccc2c(c1)N(c1c(-c3ccccc3)cccc1-c1ccccc1)c1cc(C(C)(C)C)cc3c1B2c1ccc(-c2ccc4c(c2)c2ccccc2n4-c2ccccc2)cc1N3c1c(-c2cc3c4ccccc4n4c5ccccc5c(c2)c34)cccc1-c1cc2c3ccccc3n3c4ccccc4c(c1)c23. The number of fused-ring (bicyclic) bond motifs is 22. The second kappa shape index (κ2) is 24.7. The summed E-state index contributed by atoms with van der Waals surface area (Å²) in [6.07, 6.45) is 0. The highest BCUT2D eigenvalue weighted by molar-refractivity contribution is 7.00. The van der Waals surface area contributed by atoms with Gasteiger partial charge < -0.3 is 27.7 Å². The van der Waals surface area contributed by atoms with Crippen molar-refractivity contribution in [2.45, 2.75) is 26.2 Å².